The van der Waals surface area contributed by atoms with Gasteiger partial charge in [0.15, 0.2) is 11.5 Å². The molecule has 0 aliphatic carbocycles. The molecule has 4 nitrogen and oxygen atoms in total. The van der Waals surface area contributed by atoms with E-state index < -0.39 is 0 Å². The Morgan fingerprint density at radius 1 is 0.833 bits per heavy atom. The highest BCUT2D eigenvalue weighted by atomic mass is 16.5. The summed E-state index contributed by atoms with van der Waals surface area (Å²) in [5.41, 5.74) is 14.9. The monoisotopic (exact) mass is 244 g/mol. The molecule has 0 atom stereocenters. The average molecular weight is 244 g/mol. The lowest BCUT2D eigenvalue weighted by molar-refractivity contribution is 0.355. The lowest BCUT2D eigenvalue weighted by Gasteiger charge is -2.11. The van der Waals surface area contributed by atoms with Crippen molar-refractivity contribution in [3.8, 4) is 22.6 Å². The summed E-state index contributed by atoms with van der Waals surface area (Å²) in [6, 6.07) is 11.1. The van der Waals surface area contributed by atoms with E-state index in [1.165, 1.54) is 0 Å². The fraction of sp³-hybridized carbons (Fsp3) is 0.143. The summed E-state index contributed by atoms with van der Waals surface area (Å²) in [5.74, 6) is 1.35. The zero-order valence-corrected chi connectivity index (χ0v) is 10.4. The molecule has 0 bridgehead atoms. The van der Waals surface area contributed by atoms with Crippen molar-refractivity contribution in [1.29, 1.82) is 0 Å². The molecule has 0 heterocycles. The standard InChI is InChI=1S/C14H16N2O2/c1-17-13-6-3-9(7-14(13)18-2)11-8-10(15)4-5-12(11)16/h3-8H,15-16H2,1-2H3. The number of nitrogen functional groups attached to an aromatic ring is 2. The SMILES string of the molecule is COc1ccc(-c2cc(N)ccc2N)cc1OC. The predicted molar refractivity (Wildman–Crippen MR) is 73.8 cm³/mol. The highest BCUT2D eigenvalue weighted by Crippen LogP contribution is 2.35. The van der Waals surface area contributed by atoms with Crippen LogP contribution in [0.1, 0.15) is 0 Å². The van der Waals surface area contributed by atoms with Crippen molar-refractivity contribution in [2.75, 3.05) is 25.7 Å². The molecule has 2 aromatic carbocycles. The van der Waals surface area contributed by atoms with Gasteiger partial charge < -0.3 is 20.9 Å². The highest BCUT2D eigenvalue weighted by Gasteiger charge is 2.08. The van der Waals surface area contributed by atoms with Gasteiger partial charge in [-0.05, 0) is 35.9 Å². The van der Waals surface area contributed by atoms with Gasteiger partial charge in [0.25, 0.3) is 0 Å². The van der Waals surface area contributed by atoms with Crippen LogP contribution in [0.3, 0.4) is 0 Å². The Hall–Kier alpha value is -2.36. The van der Waals surface area contributed by atoms with Crippen LogP contribution in [0.4, 0.5) is 11.4 Å². The van der Waals surface area contributed by atoms with Crippen molar-refractivity contribution < 1.29 is 9.47 Å². The van der Waals surface area contributed by atoms with E-state index in [9.17, 15) is 0 Å². The first-order chi connectivity index (χ1) is 8.65. The summed E-state index contributed by atoms with van der Waals surface area (Å²) in [6.45, 7) is 0. The fourth-order valence-corrected chi connectivity index (χ4v) is 1.83. The largest absolute Gasteiger partial charge is 0.493 e. The first kappa shape index (κ1) is 12.1. The molecular formula is C14H16N2O2. The molecule has 0 spiro atoms. The van der Waals surface area contributed by atoms with Crippen molar-refractivity contribution in [2.24, 2.45) is 0 Å². The molecule has 94 valence electrons. The first-order valence-electron chi connectivity index (χ1n) is 5.53. The molecule has 2 rings (SSSR count). The average Bonchev–Trinajstić information content (AvgIpc) is 2.40. The summed E-state index contributed by atoms with van der Waals surface area (Å²) in [4.78, 5) is 0. The molecule has 0 amide bonds. The molecular weight excluding hydrogens is 228 g/mol. The second kappa shape index (κ2) is 4.87. The van der Waals surface area contributed by atoms with Crippen LogP contribution in [-0.4, -0.2) is 14.2 Å². The van der Waals surface area contributed by atoms with Crippen molar-refractivity contribution >= 4 is 11.4 Å². The summed E-state index contributed by atoms with van der Waals surface area (Å²) in [6.07, 6.45) is 0. The first-order valence-corrected chi connectivity index (χ1v) is 5.53. The molecule has 0 aromatic heterocycles. The van der Waals surface area contributed by atoms with Crippen LogP contribution in [0, 0.1) is 0 Å². The van der Waals surface area contributed by atoms with Crippen LogP contribution < -0.4 is 20.9 Å². The minimum absolute atomic E-state index is 0.664. The van der Waals surface area contributed by atoms with E-state index >= 15 is 0 Å². The number of rotatable bonds is 3. The third-order valence-electron chi connectivity index (χ3n) is 2.77. The van der Waals surface area contributed by atoms with Gasteiger partial charge in [0.05, 0.1) is 14.2 Å². The quantitative estimate of drug-likeness (QED) is 0.814. The topological polar surface area (TPSA) is 70.5 Å². The van der Waals surface area contributed by atoms with Crippen molar-refractivity contribution in [2.45, 2.75) is 0 Å². The van der Waals surface area contributed by atoms with Gasteiger partial charge in [0.2, 0.25) is 0 Å². The maximum Gasteiger partial charge on any atom is 0.161 e. The zero-order valence-electron chi connectivity index (χ0n) is 10.4. The Balaban J connectivity index is 2.54. The Labute approximate surface area is 106 Å². The maximum absolute atomic E-state index is 5.96. The summed E-state index contributed by atoms with van der Waals surface area (Å²) < 4.78 is 10.5. The van der Waals surface area contributed by atoms with Crippen LogP contribution >= 0.6 is 0 Å². The van der Waals surface area contributed by atoms with E-state index in [-0.39, 0.29) is 0 Å². The number of hydrogen-bond donors (Lipinski definition) is 2. The Bertz CT molecular complexity index is 568. The molecule has 4 N–H and O–H groups in total. The van der Waals surface area contributed by atoms with Crippen LogP contribution in [0.15, 0.2) is 36.4 Å². The van der Waals surface area contributed by atoms with Gasteiger partial charge in [0.1, 0.15) is 0 Å². The number of methoxy groups -OCH3 is 2. The van der Waals surface area contributed by atoms with Gasteiger partial charge in [0, 0.05) is 16.9 Å². The Kier molecular flexibility index (Phi) is 3.28. The van der Waals surface area contributed by atoms with Crippen molar-refractivity contribution in [3.05, 3.63) is 36.4 Å². The van der Waals surface area contributed by atoms with Crippen LogP contribution in [0.5, 0.6) is 11.5 Å². The number of nitrogens with two attached hydrogens (primary N) is 2. The van der Waals surface area contributed by atoms with Gasteiger partial charge in [-0.25, -0.2) is 0 Å². The number of benzene rings is 2. The summed E-state index contributed by atoms with van der Waals surface area (Å²) >= 11 is 0. The van der Waals surface area contributed by atoms with E-state index in [0.29, 0.717) is 22.9 Å². The smallest absolute Gasteiger partial charge is 0.161 e. The molecule has 18 heavy (non-hydrogen) atoms. The second-order valence-electron chi connectivity index (χ2n) is 3.92. The number of ether oxygens (including phenoxy) is 2. The highest BCUT2D eigenvalue weighted by molar-refractivity contribution is 5.80. The van der Waals surface area contributed by atoms with Crippen LogP contribution in [0.2, 0.25) is 0 Å². The van der Waals surface area contributed by atoms with Gasteiger partial charge in [-0.3, -0.25) is 0 Å². The number of hydrogen-bond acceptors (Lipinski definition) is 4. The van der Waals surface area contributed by atoms with Crippen LogP contribution in [-0.2, 0) is 0 Å². The molecule has 0 aliphatic heterocycles. The van der Waals surface area contributed by atoms with Crippen LogP contribution in [0.25, 0.3) is 11.1 Å². The van der Waals surface area contributed by atoms with E-state index in [1.54, 1.807) is 26.4 Å². The molecule has 0 unspecified atom stereocenters. The summed E-state index contributed by atoms with van der Waals surface area (Å²) in [7, 11) is 3.21. The molecule has 0 saturated carbocycles. The number of anilines is 2. The molecule has 0 aliphatic rings. The van der Waals surface area contributed by atoms with Gasteiger partial charge >= 0.3 is 0 Å². The zero-order chi connectivity index (χ0) is 13.1. The Morgan fingerprint density at radius 2 is 1.56 bits per heavy atom. The molecule has 2 aromatic rings. The minimum atomic E-state index is 0.664. The summed E-state index contributed by atoms with van der Waals surface area (Å²) in [5, 5.41) is 0. The minimum Gasteiger partial charge on any atom is -0.493 e. The van der Waals surface area contributed by atoms with E-state index in [4.69, 9.17) is 20.9 Å². The third kappa shape index (κ3) is 2.18. The van der Waals surface area contributed by atoms with E-state index in [0.717, 1.165) is 11.1 Å². The van der Waals surface area contributed by atoms with E-state index in [2.05, 4.69) is 0 Å². The molecule has 0 radical (unpaired) electrons. The maximum atomic E-state index is 5.96. The third-order valence-corrected chi connectivity index (χ3v) is 2.77. The lowest BCUT2D eigenvalue weighted by atomic mass is 10.0. The van der Waals surface area contributed by atoms with Gasteiger partial charge in [-0.15, -0.1) is 0 Å². The molecule has 0 saturated heterocycles. The van der Waals surface area contributed by atoms with Crippen molar-refractivity contribution in [1.82, 2.24) is 0 Å². The van der Waals surface area contributed by atoms with Gasteiger partial charge in [-0.2, -0.15) is 0 Å². The molecule has 4 heteroatoms. The lowest BCUT2D eigenvalue weighted by Crippen LogP contribution is -1.94. The second-order valence-corrected chi connectivity index (χ2v) is 3.92. The normalized spacial score (nSPS) is 10.1. The predicted octanol–water partition coefficient (Wildman–Crippen LogP) is 2.54. The Morgan fingerprint density at radius 3 is 2.22 bits per heavy atom. The fourth-order valence-electron chi connectivity index (χ4n) is 1.83. The van der Waals surface area contributed by atoms with E-state index in [1.807, 2.05) is 24.3 Å². The van der Waals surface area contributed by atoms with Crippen molar-refractivity contribution in [3.63, 3.8) is 0 Å². The molecule has 0 fully saturated rings. The van der Waals surface area contributed by atoms with Gasteiger partial charge in [-0.1, -0.05) is 6.07 Å².